The van der Waals surface area contributed by atoms with Gasteiger partial charge in [0, 0.05) is 44.6 Å². The second-order valence-corrected chi connectivity index (χ2v) is 9.32. The fourth-order valence-electron chi connectivity index (χ4n) is 3.19. The summed E-state index contributed by atoms with van der Waals surface area (Å²) in [6.07, 6.45) is 2.58. The first-order chi connectivity index (χ1) is 15.5. The van der Waals surface area contributed by atoms with Crippen LogP contribution in [0.15, 0.2) is 35.7 Å². The minimum Gasteiger partial charge on any atom is -0.444 e. The summed E-state index contributed by atoms with van der Waals surface area (Å²) < 4.78 is 19.6. The van der Waals surface area contributed by atoms with Crippen molar-refractivity contribution in [2.45, 2.75) is 33.3 Å². The minimum atomic E-state index is -0.566. The number of thiazole rings is 1. The zero-order valence-corrected chi connectivity index (χ0v) is 19.9. The summed E-state index contributed by atoms with van der Waals surface area (Å²) in [6.45, 7) is 8.36. The molecule has 1 aromatic heterocycles. The molecule has 0 saturated carbocycles. The van der Waals surface area contributed by atoms with E-state index in [1.54, 1.807) is 33.4 Å². The molecule has 1 saturated heterocycles. The number of anilines is 2. The van der Waals surface area contributed by atoms with Gasteiger partial charge in [-0.25, -0.2) is 14.2 Å². The highest BCUT2D eigenvalue weighted by atomic mass is 32.1. The maximum absolute atomic E-state index is 14.2. The molecule has 0 aliphatic carbocycles. The molecule has 176 valence electrons. The number of halogens is 1. The summed E-state index contributed by atoms with van der Waals surface area (Å²) in [5.41, 5.74) is 0.0378. The number of hydrogen-bond acceptors (Lipinski definition) is 6. The van der Waals surface area contributed by atoms with Gasteiger partial charge in [0.2, 0.25) is 11.8 Å². The number of carbonyl (C=O) groups is 3. The number of aromatic nitrogens is 1. The van der Waals surface area contributed by atoms with Crippen molar-refractivity contribution in [1.29, 1.82) is 0 Å². The summed E-state index contributed by atoms with van der Waals surface area (Å²) >= 11 is 1.18. The van der Waals surface area contributed by atoms with Gasteiger partial charge in [0.05, 0.1) is 11.4 Å². The summed E-state index contributed by atoms with van der Waals surface area (Å²) in [5, 5.41) is 2.00. The van der Waals surface area contributed by atoms with Gasteiger partial charge in [0.1, 0.15) is 11.4 Å². The molecule has 0 N–H and O–H groups in total. The number of piperazine rings is 1. The van der Waals surface area contributed by atoms with Gasteiger partial charge in [-0.15, -0.1) is 11.3 Å². The quantitative estimate of drug-likeness (QED) is 0.624. The summed E-state index contributed by atoms with van der Waals surface area (Å²) in [4.78, 5) is 45.7. The monoisotopic (exact) mass is 474 g/mol. The molecule has 1 aliphatic heterocycles. The fraction of sp³-hybridized carbons (Fsp3) is 0.391. The molecule has 8 nitrogen and oxygen atoms in total. The average Bonchev–Trinajstić information content (AvgIpc) is 3.20. The van der Waals surface area contributed by atoms with E-state index >= 15 is 0 Å². The Balaban J connectivity index is 1.61. The molecule has 1 aliphatic rings. The van der Waals surface area contributed by atoms with Crippen molar-refractivity contribution in [1.82, 2.24) is 14.8 Å². The van der Waals surface area contributed by atoms with E-state index in [1.165, 1.54) is 41.4 Å². The third-order valence-electron chi connectivity index (χ3n) is 4.75. The van der Waals surface area contributed by atoms with Crippen LogP contribution >= 0.6 is 11.3 Å². The molecule has 0 bridgehead atoms. The van der Waals surface area contributed by atoms with Crippen LogP contribution in [-0.2, 0) is 14.3 Å². The minimum absolute atomic E-state index is 0.119. The van der Waals surface area contributed by atoms with Crippen LogP contribution in [0, 0.1) is 5.82 Å². The number of rotatable bonds is 4. The van der Waals surface area contributed by atoms with Crippen molar-refractivity contribution >= 4 is 46.1 Å². The molecule has 0 atom stereocenters. The molecule has 2 heterocycles. The van der Waals surface area contributed by atoms with Crippen LogP contribution in [0.25, 0.3) is 6.08 Å². The predicted octanol–water partition coefficient (Wildman–Crippen LogP) is 4.06. The Morgan fingerprint density at radius 3 is 2.36 bits per heavy atom. The largest absolute Gasteiger partial charge is 0.444 e. The molecule has 33 heavy (non-hydrogen) atoms. The van der Waals surface area contributed by atoms with Crippen molar-refractivity contribution in [3.05, 3.63) is 47.2 Å². The van der Waals surface area contributed by atoms with Gasteiger partial charge < -0.3 is 14.5 Å². The number of nitrogens with zero attached hydrogens (tertiary/aromatic N) is 4. The lowest BCUT2D eigenvalue weighted by atomic mass is 10.2. The second kappa shape index (κ2) is 10.1. The summed E-state index contributed by atoms with van der Waals surface area (Å²) in [7, 11) is 0. The molecule has 0 unspecified atom stereocenters. The second-order valence-electron chi connectivity index (χ2n) is 8.49. The van der Waals surface area contributed by atoms with E-state index in [2.05, 4.69) is 4.98 Å². The smallest absolute Gasteiger partial charge is 0.410 e. The van der Waals surface area contributed by atoms with E-state index in [0.717, 1.165) is 0 Å². The molecule has 2 aromatic rings. The van der Waals surface area contributed by atoms with Crippen molar-refractivity contribution in [3.8, 4) is 0 Å². The zero-order chi connectivity index (χ0) is 24.2. The number of para-hydroxylation sites is 1. The Hall–Kier alpha value is -3.27. The van der Waals surface area contributed by atoms with E-state index in [9.17, 15) is 18.8 Å². The molecular formula is C23H27FN4O4S. The van der Waals surface area contributed by atoms with E-state index in [-0.39, 0.29) is 23.6 Å². The van der Waals surface area contributed by atoms with E-state index < -0.39 is 11.4 Å². The fourth-order valence-corrected chi connectivity index (χ4v) is 4.04. The first-order valence-corrected chi connectivity index (χ1v) is 11.4. The molecule has 1 aromatic carbocycles. The average molecular weight is 475 g/mol. The summed E-state index contributed by atoms with van der Waals surface area (Å²) in [6, 6.07) is 5.98. The standard InChI is InChI=1S/C23H27FN4O4S/c1-16(29)28(19-8-6-5-7-18(19)24)21-25-17(15-33-21)9-10-20(30)26-11-13-27(14-12-26)22(31)32-23(2,3)4/h5-10,15H,11-14H2,1-4H3/b10-9+. The van der Waals surface area contributed by atoms with Crippen molar-refractivity contribution in [2.24, 2.45) is 0 Å². The highest BCUT2D eigenvalue weighted by Gasteiger charge is 2.27. The predicted molar refractivity (Wildman–Crippen MR) is 125 cm³/mol. The summed E-state index contributed by atoms with van der Waals surface area (Å²) in [5.74, 6) is -1.10. The van der Waals surface area contributed by atoms with Crippen molar-refractivity contribution < 1.29 is 23.5 Å². The highest BCUT2D eigenvalue weighted by molar-refractivity contribution is 7.14. The van der Waals surface area contributed by atoms with Crippen molar-refractivity contribution in [3.63, 3.8) is 0 Å². The SMILES string of the molecule is CC(=O)N(c1nc(/C=C/C(=O)N2CCN(C(=O)OC(C)(C)C)CC2)cs1)c1ccccc1F. The van der Waals surface area contributed by atoms with Gasteiger partial charge in [-0.05, 0) is 39.0 Å². The van der Waals surface area contributed by atoms with Crippen LogP contribution in [0.4, 0.5) is 20.0 Å². The Bertz CT molecular complexity index is 1050. The lowest BCUT2D eigenvalue weighted by molar-refractivity contribution is -0.127. The molecule has 10 heteroatoms. The van der Waals surface area contributed by atoms with Crippen LogP contribution in [-0.4, -0.2) is 64.5 Å². The number of carbonyl (C=O) groups excluding carboxylic acids is 3. The topological polar surface area (TPSA) is 83.1 Å². The molecule has 0 radical (unpaired) electrons. The Kier molecular flexibility index (Phi) is 7.47. The van der Waals surface area contributed by atoms with Gasteiger partial charge in [-0.3, -0.25) is 14.5 Å². The van der Waals surface area contributed by atoms with Crippen molar-refractivity contribution in [2.75, 3.05) is 31.1 Å². The van der Waals surface area contributed by atoms with Crippen LogP contribution in [0.2, 0.25) is 0 Å². The maximum Gasteiger partial charge on any atom is 0.410 e. The Labute approximate surface area is 196 Å². The van der Waals surface area contributed by atoms with Crippen LogP contribution in [0.5, 0.6) is 0 Å². The van der Waals surface area contributed by atoms with Gasteiger partial charge in [-0.2, -0.15) is 0 Å². The Morgan fingerprint density at radius 2 is 1.76 bits per heavy atom. The van der Waals surface area contributed by atoms with Crippen LogP contribution in [0.1, 0.15) is 33.4 Å². The molecule has 1 fully saturated rings. The Morgan fingerprint density at radius 1 is 1.12 bits per heavy atom. The first kappa shape index (κ1) is 24.4. The number of ether oxygens (including phenoxy) is 1. The highest BCUT2D eigenvalue weighted by Crippen LogP contribution is 2.31. The first-order valence-electron chi connectivity index (χ1n) is 10.5. The third kappa shape index (κ3) is 6.38. The van der Waals surface area contributed by atoms with E-state index in [0.29, 0.717) is 37.0 Å². The number of benzene rings is 1. The van der Waals surface area contributed by atoms with Gasteiger partial charge >= 0.3 is 6.09 Å². The van der Waals surface area contributed by atoms with Gasteiger partial charge in [0.15, 0.2) is 5.13 Å². The van der Waals surface area contributed by atoms with Gasteiger partial charge in [0.25, 0.3) is 0 Å². The molecule has 0 spiro atoms. The van der Waals surface area contributed by atoms with E-state index in [4.69, 9.17) is 4.74 Å². The normalized spacial score (nSPS) is 14.5. The molecular weight excluding hydrogens is 447 g/mol. The van der Waals surface area contributed by atoms with Crippen LogP contribution < -0.4 is 4.90 Å². The maximum atomic E-state index is 14.2. The molecule has 3 rings (SSSR count). The molecule has 3 amide bonds. The lowest BCUT2D eigenvalue weighted by Gasteiger charge is -2.35. The van der Waals surface area contributed by atoms with Gasteiger partial charge in [-0.1, -0.05) is 12.1 Å². The van der Waals surface area contributed by atoms with Crippen LogP contribution in [0.3, 0.4) is 0 Å². The third-order valence-corrected chi connectivity index (χ3v) is 5.59. The zero-order valence-electron chi connectivity index (χ0n) is 19.1. The van der Waals surface area contributed by atoms with E-state index in [1.807, 2.05) is 20.8 Å². The number of amides is 3. The number of hydrogen-bond donors (Lipinski definition) is 0. The lowest BCUT2D eigenvalue weighted by Crippen LogP contribution is -2.51.